The van der Waals surface area contributed by atoms with Gasteiger partial charge in [-0.3, -0.25) is 0 Å². The zero-order chi connectivity index (χ0) is 16.0. The summed E-state index contributed by atoms with van der Waals surface area (Å²) in [6, 6.07) is 5.86. The highest BCUT2D eigenvalue weighted by Gasteiger charge is 2.35. The van der Waals surface area contributed by atoms with Gasteiger partial charge in [0.25, 0.3) is 0 Å². The fraction of sp³-hybridized carbons (Fsp3) is 0.471. The van der Waals surface area contributed by atoms with Crippen molar-refractivity contribution in [2.75, 3.05) is 6.54 Å². The Labute approximate surface area is 132 Å². The summed E-state index contributed by atoms with van der Waals surface area (Å²) in [6.07, 6.45) is -1.32. The molecule has 1 N–H and O–H groups in total. The predicted octanol–water partition coefficient (Wildman–Crippen LogP) is 3.47. The normalized spacial score (nSPS) is 18.0. The quantitative estimate of drug-likeness (QED) is 0.938. The van der Waals surface area contributed by atoms with Crippen LogP contribution in [0.1, 0.15) is 47.1 Å². The molecule has 1 aliphatic heterocycles. The Balaban J connectivity index is 1.76. The molecule has 122 valence electrons. The maximum Gasteiger partial charge on any atom is 0.416 e. The summed E-state index contributed by atoms with van der Waals surface area (Å²) in [5.74, 6) is 1.38. The fourth-order valence-corrected chi connectivity index (χ4v) is 3.33. The summed E-state index contributed by atoms with van der Waals surface area (Å²) in [5.41, 5.74) is 1.88. The zero-order valence-corrected chi connectivity index (χ0v) is 12.7. The van der Waals surface area contributed by atoms with Gasteiger partial charge in [0, 0.05) is 37.7 Å². The molecule has 1 aromatic carbocycles. The fourth-order valence-electron chi connectivity index (χ4n) is 3.33. The maximum absolute atomic E-state index is 13.3. The van der Waals surface area contributed by atoms with Gasteiger partial charge in [0.15, 0.2) is 0 Å². The molecule has 1 fully saturated rings. The minimum atomic E-state index is -4.32. The highest BCUT2D eigenvalue weighted by Crippen LogP contribution is 2.41. The zero-order valence-electron chi connectivity index (χ0n) is 12.7. The van der Waals surface area contributed by atoms with E-state index in [2.05, 4.69) is 5.32 Å². The molecule has 0 spiro atoms. The molecule has 23 heavy (non-hydrogen) atoms. The van der Waals surface area contributed by atoms with E-state index in [0.29, 0.717) is 18.0 Å². The average molecular weight is 321 g/mol. The second-order valence-electron chi connectivity index (χ2n) is 6.31. The molecule has 0 saturated heterocycles. The van der Waals surface area contributed by atoms with E-state index < -0.39 is 11.7 Å². The summed E-state index contributed by atoms with van der Waals surface area (Å²) in [7, 11) is 0. The topological polar surface area (TPSA) is 29.9 Å². The highest BCUT2D eigenvalue weighted by atomic mass is 19.4. The number of nitrogens with zero attached hydrogens (tertiary/aromatic N) is 2. The Kier molecular flexibility index (Phi) is 3.44. The number of rotatable bonds is 3. The van der Waals surface area contributed by atoms with E-state index in [1.54, 1.807) is 12.1 Å². The molecule has 0 radical (unpaired) electrons. The van der Waals surface area contributed by atoms with Gasteiger partial charge in [-0.1, -0.05) is 18.2 Å². The number of fused-ring (bicyclic) bond motifs is 1. The minimum absolute atomic E-state index is 0.254. The lowest BCUT2D eigenvalue weighted by atomic mass is 10.1. The Bertz CT molecular complexity index is 729. The molecule has 1 aliphatic carbocycles. The number of hydrogen-bond donors (Lipinski definition) is 1. The first-order valence-corrected chi connectivity index (χ1v) is 7.98. The Hall–Kier alpha value is -1.82. The molecule has 1 aromatic heterocycles. The van der Waals surface area contributed by atoms with Gasteiger partial charge >= 0.3 is 6.18 Å². The van der Waals surface area contributed by atoms with E-state index >= 15 is 0 Å². The third kappa shape index (κ3) is 2.76. The number of halogens is 3. The van der Waals surface area contributed by atoms with Crippen LogP contribution in [-0.2, 0) is 25.7 Å². The van der Waals surface area contributed by atoms with Crippen LogP contribution in [0.15, 0.2) is 24.3 Å². The second-order valence-corrected chi connectivity index (χ2v) is 6.31. The number of benzene rings is 1. The third-order valence-electron chi connectivity index (χ3n) is 4.61. The lowest BCUT2D eigenvalue weighted by Gasteiger charge is -2.18. The van der Waals surface area contributed by atoms with Crippen LogP contribution < -0.4 is 5.32 Å². The van der Waals surface area contributed by atoms with Gasteiger partial charge in [0.1, 0.15) is 5.82 Å². The average Bonchev–Trinajstić information content (AvgIpc) is 3.30. The van der Waals surface area contributed by atoms with Crippen LogP contribution in [0, 0.1) is 0 Å². The van der Waals surface area contributed by atoms with Gasteiger partial charge in [-0.25, -0.2) is 4.98 Å². The smallest absolute Gasteiger partial charge is 0.327 e. The van der Waals surface area contributed by atoms with Crippen molar-refractivity contribution in [3.63, 3.8) is 0 Å². The van der Waals surface area contributed by atoms with Crippen LogP contribution in [0.4, 0.5) is 13.2 Å². The minimum Gasteiger partial charge on any atom is -0.327 e. The first-order chi connectivity index (χ1) is 11.0. The Morgan fingerprint density at radius 3 is 2.74 bits per heavy atom. The molecule has 1 saturated carbocycles. The summed E-state index contributed by atoms with van der Waals surface area (Å²) < 4.78 is 41.8. The van der Waals surface area contributed by atoms with Gasteiger partial charge in [-0.15, -0.1) is 0 Å². The molecule has 0 bridgehead atoms. The summed E-state index contributed by atoms with van der Waals surface area (Å²) in [4.78, 5) is 4.72. The van der Waals surface area contributed by atoms with Crippen LogP contribution >= 0.6 is 0 Å². The largest absolute Gasteiger partial charge is 0.416 e. The first kappa shape index (κ1) is 14.8. The van der Waals surface area contributed by atoms with Crippen LogP contribution in [-0.4, -0.2) is 16.1 Å². The highest BCUT2D eigenvalue weighted by molar-refractivity contribution is 5.32. The Morgan fingerprint density at radius 1 is 1.22 bits per heavy atom. The van der Waals surface area contributed by atoms with Gasteiger partial charge in [0.05, 0.1) is 11.3 Å². The van der Waals surface area contributed by atoms with E-state index in [4.69, 9.17) is 4.98 Å². The van der Waals surface area contributed by atoms with Gasteiger partial charge in [0.2, 0.25) is 0 Å². The molecular weight excluding hydrogens is 303 g/mol. The van der Waals surface area contributed by atoms with Gasteiger partial charge in [-0.05, 0) is 24.5 Å². The summed E-state index contributed by atoms with van der Waals surface area (Å²) in [6.45, 7) is 1.82. The third-order valence-corrected chi connectivity index (χ3v) is 4.61. The molecule has 6 heteroatoms. The van der Waals surface area contributed by atoms with E-state index in [1.165, 1.54) is 6.07 Å². The molecule has 0 amide bonds. The van der Waals surface area contributed by atoms with E-state index in [0.717, 1.165) is 49.1 Å². The molecule has 4 rings (SSSR count). The van der Waals surface area contributed by atoms with Crippen LogP contribution in [0.3, 0.4) is 0 Å². The van der Waals surface area contributed by atoms with E-state index in [1.807, 2.05) is 4.57 Å². The predicted molar refractivity (Wildman–Crippen MR) is 80.2 cm³/mol. The van der Waals surface area contributed by atoms with Crippen molar-refractivity contribution in [2.45, 2.75) is 44.4 Å². The summed E-state index contributed by atoms with van der Waals surface area (Å²) in [5, 5.41) is 3.28. The Morgan fingerprint density at radius 2 is 2.00 bits per heavy atom. The van der Waals surface area contributed by atoms with Gasteiger partial charge < -0.3 is 9.88 Å². The molecule has 2 heterocycles. The number of nitrogens with one attached hydrogen (secondary N) is 1. The molecular formula is C17H18F3N3. The molecule has 3 nitrogen and oxygen atoms in total. The lowest BCUT2D eigenvalue weighted by molar-refractivity contribution is -0.138. The molecule has 2 aromatic rings. The second kappa shape index (κ2) is 5.37. The van der Waals surface area contributed by atoms with Crippen molar-refractivity contribution < 1.29 is 13.2 Å². The van der Waals surface area contributed by atoms with E-state index in [-0.39, 0.29) is 6.54 Å². The van der Waals surface area contributed by atoms with Crippen molar-refractivity contribution in [3.8, 4) is 0 Å². The van der Waals surface area contributed by atoms with E-state index in [9.17, 15) is 13.2 Å². The summed E-state index contributed by atoms with van der Waals surface area (Å²) >= 11 is 0. The molecule has 0 unspecified atom stereocenters. The van der Waals surface area contributed by atoms with Crippen molar-refractivity contribution in [1.29, 1.82) is 0 Å². The number of aromatic nitrogens is 2. The van der Waals surface area contributed by atoms with Crippen molar-refractivity contribution >= 4 is 0 Å². The number of alkyl halides is 3. The van der Waals surface area contributed by atoms with Crippen molar-refractivity contribution in [3.05, 3.63) is 52.6 Å². The van der Waals surface area contributed by atoms with Gasteiger partial charge in [-0.2, -0.15) is 13.2 Å². The maximum atomic E-state index is 13.3. The standard InChI is InChI=1S/C17H18F3N3/c18-17(19,20)13-4-2-1-3-12(13)10-23-15-7-8-21-9-14(15)22-16(23)11-5-6-11/h1-4,11,21H,5-10H2. The lowest BCUT2D eigenvalue weighted by Crippen LogP contribution is -2.25. The van der Waals surface area contributed by atoms with Crippen LogP contribution in [0.5, 0.6) is 0 Å². The van der Waals surface area contributed by atoms with Crippen molar-refractivity contribution in [2.24, 2.45) is 0 Å². The monoisotopic (exact) mass is 321 g/mol. The first-order valence-electron chi connectivity index (χ1n) is 7.98. The van der Waals surface area contributed by atoms with Crippen LogP contribution in [0.25, 0.3) is 0 Å². The molecule has 2 aliphatic rings. The SMILES string of the molecule is FC(F)(F)c1ccccc1Cn1c(C2CC2)nc2c1CCNC2. The molecule has 0 atom stereocenters. The van der Waals surface area contributed by atoms with Crippen molar-refractivity contribution in [1.82, 2.24) is 14.9 Å². The number of hydrogen-bond acceptors (Lipinski definition) is 2. The van der Waals surface area contributed by atoms with Crippen LogP contribution in [0.2, 0.25) is 0 Å². The number of imidazole rings is 1.